The third-order valence-corrected chi connectivity index (χ3v) is 5.74. The van der Waals surface area contributed by atoms with Crippen molar-refractivity contribution in [2.75, 3.05) is 25.0 Å². The van der Waals surface area contributed by atoms with E-state index < -0.39 is 0 Å². The summed E-state index contributed by atoms with van der Waals surface area (Å²) in [7, 11) is 0. The zero-order valence-electron chi connectivity index (χ0n) is 15.4. The van der Waals surface area contributed by atoms with Crippen molar-refractivity contribution >= 4 is 11.6 Å². The summed E-state index contributed by atoms with van der Waals surface area (Å²) >= 11 is 0. The number of benzene rings is 2. The molecule has 2 N–H and O–H groups in total. The minimum Gasteiger partial charge on any atom is -0.341 e. The SMILES string of the molecule is O=C1c2ccc(C#Cc3cccc(F)c3)cc2NC2=CC3(CCNCC3)CN12. The Kier molecular flexibility index (Phi) is 3.96. The van der Waals surface area contributed by atoms with Gasteiger partial charge in [0.2, 0.25) is 0 Å². The molecule has 0 aromatic heterocycles. The highest BCUT2D eigenvalue weighted by molar-refractivity contribution is 6.03. The lowest BCUT2D eigenvalue weighted by atomic mass is 9.80. The molecule has 1 spiro atoms. The molecular formula is C23H20FN3O. The maximum absolute atomic E-state index is 13.3. The molecule has 140 valence electrons. The number of carbonyl (C=O) groups is 1. The largest absolute Gasteiger partial charge is 0.341 e. The van der Waals surface area contributed by atoms with Crippen LogP contribution < -0.4 is 10.6 Å². The van der Waals surface area contributed by atoms with E-state index in [2.05, 4.69) is 28.6 Å². The summed E-state index contributed by atoms with van der Waals surface area (Å²) in [6.07, 6.45) is 4.32. The van der Waals surface area contributed by atoms with Gasteiger partial charge in [-0.1, -0.05) is 17.9 Å². The van der Waals surface area contributed by atoms with Crippen molar-refractivity contribution in [3.8, 4) is 11.8 Å². The highest BCUT2D eigenvalue weighted by atomic mass is 19.1. The summed E-state index contributed by atoms with van der Waals surface area (Å²) < 4.78 is 13.3. The van der Waals surface area contributed by atoms with Gasteiger partial charge in [-0.2, -0.15) is 0 Å². The highest BCUT2D eigenvalue weighted by Gasteiger charge is 2.43. The summed E-state index contributed by atoms with van der Waals surface area (Å²) in [5.74, 6) is 6.66. The molecule has 0 radical (unpaired) electrons. The fourth-order valence-corrected chi connectivity index (χ4v) is 4.23. The highest BCUT2D eigenvalue weighted by Crippen LogP contribution is 2.42. The lowest BCUT2D eigenvalue weighted by molar-refractivity contribution is 0.0772. The van der Waals surface area contributed by atoms with Gasteiger partial charge in [0.05, 0.1) is 11.3 Å². The van der Waals surface area contributed by atoms with Crippen molar-refractivity contribution in [3.63, 3.8) is 0 Å². The van der Waals surface area contributed by atoms with Crippen LogP contribution >= 0.6 is 0 Å². The predicted molar refractivity (Wildman–Crippen MR) is 106 cm³/mol. The van der Waals surface area contributed by atoms with Crippen LogP contribution in [0.1, 0.15) is 34.3 Å². The quantitative estimate of drug-likeness (QED) is 0.697. The maximum Gasteiger partial charge on any atom is 0.261 e. The molecule has 1 amide bonds. The molecule has 0 atom stereocenters. The van der Waals surface area contributed by atoms with E-state index >= 15 is 0 Å². The fourth-order valence-electron chi connectivity index (χ4n) is 4.23. The second-order valence-electron chi connectivity index (χ2n) is 7.68. The molecule has 2 aromatic rings. The number of nitrogens with one attached hydrogen (secondary N) is 2. The van der Waals surface area contributed by atoms with Gasteiger partial charge in [0.25, 0.3) is 5.91 Å². The second-order valence-corrected chi connectivity index (χ2v) is 7.68. The van der Waals surface area contributed by atoms with Crippen LogP contribution in [0.4, 0.5) is 10.1 Å². The van der Waals surface area contributed by atoms with Crippen molar-refractivity contribution in [1.29, 1.82) is 0 Å². The third-order valence-electron chi connectivity index (χ3n) is 5.74. The standard InChI is InChI=1S/C23H20FN3O/c24-18-3-1-2-16(12-18)4-5-17-6-7-19-20(13-17)26-21-14-23(8-10-25-11-9-23)15-27(21)22(19)28/h1-3,6-7,12-14,25-26H,8-11,15H2. The molecule has 0 saturated carbocycles. The zero-order chi connectivity index (χ0) is 19.1. The Morgan fingerprint density at radius 1 is 1.04 bits per heavy atom. The van der Waals surface area contributed by atoms with Crippen molar-refractivity contribution in [2.24, 2.45) is 5.41 Å². The van der Waals surface area contributed by atoms with Crippen LogP contribution in [0.15, 0.2) is 54.4 Å². The number of halogens is 1. The van der Waals surface area contributed by atoms with Crippen LogP contribution in [0, 0.1) is 23.1 Å². The van der Waals surface area contributed by atoms with Gasteiger partial charge in [-0.15, -0.1) is 0 Å². The van der Waals surface area contributed by atoms with E-state index in [1.807, 2.05) is 23.1 Å². The third kappa shape index (κ3) is 2.96. The van der Waals surface area contributed by atoms with Gasteiger partial charge in [0, 0.05) is 23.1 Å². The topological polar surface area (TPSA) is 44.4 Å². The minimum absolute atomic E-state index is 0.0417. The second kappa shape index (κ2) is 6.50. The maximum atomic E-state index is 13.3. The Balaban J connectivity index is 1.44. The molecule has 3 heterocycles. The summed E-state index contributed by atoms with van der Waals surface area (Å²) in [6, 6.07) is 11.8. The minimum atomic E-state index is -0.301. The van der Waals surface area contributed by atoms with Gasteiger partial charge in [-0.25, -0.2) is 4.39 Å². The number of carbonyl (C=O) groups excluding carboxylic acids is 1. The van der Waals surface area contributed by atoms with Crippen LogP contribution in [0.3, 0.4) is 0 Å². The van der Waals surface area contributed by atoms with E-state index in [0.29, 0.717) is 11.1 Å². The molecule has 1 fully saturated rings. The molecule has 3 aliphatic rings. The molecular weight excluding hydrogens is 353 g/mol. The molecule has 1 saturated heterocycles. The van der Waals surface area contributed by atoms with Crippen LogP contribution in [-0.4, -0.2) is 30.4 Å². The van der Waals surface area contributed by atoms with Gasteiger partial charge in [-0.3, -0.25) is 9.69 Å². The first kappa shape index (κ1) is 17.0. The predicted octanol–water partition coefficient (Wildman–Crippen LogP) is 3.32. The number of anilines is 1. The first-order chi connectivity index (χ1) is 13.6. The van der Waals surface area contributed by atoms with Crippen molar-refractivity contribution in [3.05, 3.63) is 76.9 Å². The van der Waals surface area contributed by atoms with Crippen LogP contribution in [0.5, 0.6) is 0 Å². The van der Waals surface area contributed by atoms with Crippen molar-refractivity contribution < 1.29 is 9.18 Å². The molecule has 28 heavy (non-hydrogen) atoms. The Morgan fingerprint density at radius 3 is 2.61 bits per heavy atom. The van der Waals surface area contributed by atoms with E-state index in [1.54, 1.807) is 12.1 Å². The van der Waals surface area contributed by atoms with E-state index in [0.717, 1.165) is 49.5 Å². The number of rotatable bonds is 0. The summed E-state index contributed by atoms with van der Waals surface area (Å²) in [5.41, 5.74) is 2.93. The van der Waals surface area contributed by atoms with E-state index in [9.17, 15) is 9.18 Å². The first-order valence-corrected chi connectivity index (χ1v) is 9.56. The number of amides is 1. The number of hydrogen-bond acceptors (Lipinski definition) is 3. The van der Waals surface area contributed by atoms with Crippen LogP contribution in [-0.2, 0) is 0 Å². The molecule has 0 unspecified atom stereocenters. The van der Waals surface area contributed by atoms with E-state index in [-0.39, 0.29) is 17.1 Å². The number of nitrogens with zero attached hydrogens (tertiary/aromatic N) is 1. The molecule has 0 bridgehead atoms. The van der Waals surface area contributed by atoms with Gasteiger partial charge < -0.3 is 10.6 Å². The Labute approximate surface area is 163 Å². The Morgan fingerprint density at radius 2 is 1.82 bits per heavy atom. The van der Waals surface area contributed by atoms with Gasteiger partial charge in [-0.05, 0) is 68.4 Å². The van der Waals surface area contributed by atoms with Crippen LogP contribution in [0.2, 0.25) is 0 Å². The lowest BCUT2D eigenvalue weighted by Crippen LogP contribution is -2.42. The Hall–Kier alpha value is -3.10. The summed E-state index contributed by atoms with van der Waals surface area (Å²) in [4.78, 5) is 14.9. The first-order valence-electron chi connectivity index (χ1n) is 9.56. The molecule has 2 aromatic carbocycles. The summed E-state index contributed by atoms with van der Waals surface area (Å²) in [6.45, 7) is 2.72. The van der Waals surface area contributed by atoms with Crippen molar-refractivity contribution in [1.82, 2.24) is 10.2 Å². The average molecular weight is 373 g/mol. The van der Waals surface area contributed by atoms with Gasteiger partial charge >= 0.3 is 0 Å². The number of piperidine rings is 1. The monoisotopic (exact) mass is 373 g/mol. The van der Waals surface area contributed by atoms with Gasteiger partial charge in [0.15, 0.2) is 0 Å². The lowest BCUT2D eigenvalue weighted by Gasteiger charge is -2.34. The molecule has 0 aliphatic carbocycles. The molecule has 4 nitrogen and oxygen atoms in total. The number of hydrogen-bond donors (Lipinski definition) is 2. The molecule has 5 rings (SSSR count). The molecule has 3 aliphatic heterocycles. The van der Waals surface area contributed by atoms with Gasteiger partial charge in [0.1, 0.15) is 11.6 Å². The zero-order valence-corrected chi connectivity index (χ0v) is 15.4. The van der Waals surface area contributed by atoms with E-state index in [1.165, 1.54) is 12.1 Å². The fraction of sp³-hybridized carbons (Fsp3) is 0.261. The van der Waals surface area contributed by atoms with Crippen molar-refractivity contribution in [2.45, 2.75) is 12.8 Å². The van der Waals surface area contributed by atoms with E-state index in [4.69, 9.17) is 0 Å². The van der Waals surface area contributed by atoms with Crippen LogP contribution in [0.25, 0.3) is 0 Å². The average Bonchev–Trinajstić information content (AvgIpc) is 3.04. The normalized spacial score (nSPS) is 19.2. The molecule has 5 heteroatoms. The summed E-state index contributed by atoms with van der Waals surface area (Å²) in [5, 5.41) is 6.82. The number of fused-ring (bicyclic) bond motifs is 2. The smallest absolute Gasteiger partial charge is 0.261 e. The Bertz CT molecular complexity index is 1060.